The van der Waals surface area contributed by atoms with Crippen LogP contribution in [-0.2, 0) is 27.4 Å². The van der Waals surface area contributed by atoms with E-state index in [1.165, 1.54) is 28.6 Å². The van der Waals surface area contributed by atoms with Crippen LogP contribution in [0, 0.1) is 6.92 Å². The molecule has 162 valence electrons. The normalized spacial score (nSPS) is 18.3. The van der Waals surface area contributed by atoms with Crippen molar-refractivity contribution in [2.45, 2.75) is 30.5 Å². The van der Waals surface area contributed by atoms with E-state index in [9.17, 15) is 26.4 Å². The van der Waals surface area contributed by atoms with Gasteiger partial charge in [0.1, 0.15) is 0 Å². The van der Waals surface area contributed by atoms with Crippen molar-refractivity contribution >= 4 is 16.0 Å². The van der Waals surface area contributed by atoms with E-state index < -0.39 is 33.8 Å². The zero-order valence-corrected chi connectivity index (χ0v) is 16.9. The highest BCUT2D eigenvalue weighted by Crippen LogP contribution is 2.31. The highest BCUT2D eigenvalue weighted by molar-refractivity contribution is 7.89. The minimum atomic E-state index is -4.44. The highest BCUT2D eigenvalue weighted by Gasteiger charge is 2.33. The third-order valence-corrected chi connectivity index (χ3v) is 6.94. The second-order valence-electron chi connectivity index (χ2n) is 7.15. The Hall–Kier alpha value is -2.43. The number of alkyl halides is 3. The molecule has 1 unspecified atom stereocenters. The Morgan fingerprint density at radius 2 is 1.87 bits per heavy atom. The van der Waals surface area contributed by atoms with Gasteiger partial charge in [-0.1, -0.05) is 18.2 Å². The van der Waals surface area contributed by atoms with E-state index in [0.29, 0.717) is 23.2 Å². The molecule has 0 aliphatic carbocycles. The summed E-state index contributed by atoms with van der Waals surface area (Å²) in [6, 6.07) is 8.55. The van der Waals surface area contributed by atoms with Crippen LogP contribution in [0.3, 0.4) is 0 Å². The van der Waals surface area contributed by atoms with Gasteiger partial charge in [-0.2, -0.15) is 17.5 Å². The summed E-state index contributed by atoms with van der Waals surface area (Å²) >= 11 is 0. The molecule has 1 atom stereocenters. The average molecular weight is 442 g/mol. The monoisotopic (exact) mass is 442 g/mol. The van der Waals surface area contributed by atoms with Crippen molar-refractivity contribution < 1.29 is 31.5 Å². The summed E-state index contributed by atoms with van der Waals surface area (Å²) in [7, 11) is -3.89. The van der Waals surface area contributed by atoms with E-state index in [2.05, 4.69) is 5.32 Å². The van der Waals surface area contributed by atoms with Crippen molar-refractivity contribution in [3.05, 3.63) is 64.7 Å². The maximum Gasteiger partial charge on any atom is 0.416 e. The van der Waals surface area contributed by atoms with Gasteiger partial charge in [0.2, 0.25) is 10.0 Å². The number of hydrogen-bond donors (Lipinski definition) is 2. The fourth-order valence-electron chi connectivity index (χ4n) is 3.38. The molecule has 6 nitrogen and oxygen atoms in total. The molecule has 0 spiro atoms. The number of sulfonamides is 1. The molecule has 1 fully saturated rings. The van der Waals surface area contributed by atoms with Crippen LogP contribution in [0.4, 0.5) is 13.2 Å². The van der Waals surface area contributed by atoms with Gasteiger partial charge in [0, 0.05) is 25.7 Å². The number of aryl methyl sites for hydroxylation is 1. The Balaban J connectivity index is 1.83. The number of aliphatic carboxylic acids is 1. The summed E-state index contributed by atoms with van der Waals surface area (Å²) in [5.74, 6) is -1.06. The standard InChI is InChI=1S/C20H21F3N2O4S/c1-13-2-7-17(10-15(13)11-19(26)27)30(28,29)25-9-8-24-18(12-25)14-3-5-16(6-4-14)20(21,22)23/h2-7,10,18,24H,8-9,11-12H2,1H3,(H,26,27). The molecule has 0 aromatic heterocycles. The first-order valence-corrected chi connectivity index (χ1v) is 10.6. The molecule has 0 radical (unpaired) electrons. The molecule has 10 heteroatoms. The molecular weight excluding hydrogens is 421 g/mol. The van der Waals surface area contributed by atoms with Gasteiger partial charge >= 0.3 is 12.1 Å². The molecule has 2 aromatic rings. The van der Waals surface area contributed by atoms with Crippen LogP contribution in [0.25, 0.3) is 0 Å². The number of carbonyl (C=O) groups is 1. The first-order chi connectivity index (χ1) is 14.0. The summed E-state index contributed by atoms with van der Waals surface area (Å²) in [6.45, 7) is 2.29. The second kappa shape index (κ2) is 8.37. The number of benzene rings is 2. The summed E-state index contributed by atoms with van der Waals surface area (Å²) in [4.78, 5) is 11.0. The quantitative estimate of drug-likeness (QED) is 0.744. The number of nitrogens with zero attached hydrogens (tertiary/aromatic N) is 1. The fraction of sp³-hybridized carbons (Fsp3) is 0.350. The minimum Gasteiger partial charge on any atom is -0.481 e. The van der Waals surface area contributed by atoms with Crippen molar-refractivity contribution in [3.63, 3.8) is 0 Å². The van der Waals surface area contributed by atoms with Crippen LogP contribution in [-0.4, -0.2) is 43.4 Å². The molecule has 2 N–H and O–H groups in total. The molecule has 3 rings (SSSR count). The highest BCUT2D eigenvalue weighted by atomic mass is 32.2. The Morgan fingerprint density at radius 1 is 1.20 bits per heavy atom. The van der Waals surface area contributed by atoms with E-state index in [1.807, 2.05) is 0 Å². The predicted molar refractivity (Wildman–Crippen MR) is 103 cm³/mol. The van der Waals surface area contributed by atoms with E-state index in [1.54, 1.807) is 13.0 Å². The van der Waals surface area contributed by atoms with Crippen molar-refractivity contribution in [2.75, 3.05) is 19.6 Å². The van der Waals surface area contributed by atoms with Gasteiger partial charge in [0.25, 0.3) is 0 Å². The molecule has 1 aliphatic rings. The topological polar surface area (TPSA) is 86.7 Å². The molecule has 2 aromatic carbocycles. The number of piperazine rings is 1. The van der Waals surface area contributed by atoms with Gasteiger partial charge in [-0.3, -0.25) is 4.79 Å². The number of halogens is 3. The van der Waals surface area contributed by atoms with Gasteiger partial charge < -0.3 is 10.4 Å². The predicted octanol–water partition coefficient (Wildman–Crippen LogP) is 2.98. The van der Waals surface area contributed by atoms with Crippen molar-refractivity contribution in [1.29, 1.82) is 0 Å². The van der Waals surface area contributed by atoms with Crippen LogP contribution in [0.2, 0.25) is 0 Å². The number of hydrogen-bond acceptors (Lipinski definition) is 4. The lowest BCUT2D eigenvalue weighted by atomic mass is 10.0. The molecule has 1 aliphatic heterocycles. The molecular formula is C20H21F3N2O4S. The van der Waals surface area contributed by atoms with Crippen LogP contribution >= 0.6 is 0 Å². The van der Waals surface area contributed by atoms with Crippen LogP contribution in [0.1, 0.15) is 28.3 Å². The Bertz CT molecular complexity index is 1040. The van der Waals surface area contributed by atoms with Crippen molar-refractivity contribution in [3.8, 4) is 0 Å². The number of carboxylic acids is 1. The maximum atomic E-state index is 13.1. The van der Waals surface area contributed by atoms with E-state index in [0.717, 1.165) is 12.1 Å². The molecule has 1 saturated heterocycles. The van der Waals surface area contributed by atoms with Crippen LogP contribution in [0.15, 0.2) is 47.4 Å². The third kappa shape index (κ3) is 4.82. The maximum absolute atomic E-state index is 13.1. The average Bonchev–Trinajstić information content (AvgIpc) is 2.69. The largest absolute Gasteiger partial charge is 0.481 e. The molecule has 30 heavy (non-hydrogen) atoms. The zero-order valence-electron chi connectivity index (χ0n) is 16.1. The van der Waals surface area contributed by atoms with Gasteiger partial charge in [-0.05, 0) is 47.9 Å². The Morgan fingerprint density at radius 3 is 2.47 bits per heavy atom. The first-order valence-electron chi connectivity index (χ1n) is 9.20. The third-order valence-electron chi connectivity index (χ3n) is 5.08. The molecule has 0 saturated carbocycles. The van der Waals surface area contributed by atoms with Gasteiger partial charge in [0.15, 0.2) is 0 Å². The van der Waals surface area contributed by atoms with E-state index in [4.69, 9.17) is 5.11 Å². The summed E-state index contributed by atoms with van der Waals surface area (Å²) in [5.41, 5.74) is 0.882. The van der Waals surface area contributed by atoms with Crippen LogP contribution < -0.4 is 5.32 Å². The summed E-state index contributed by atoms with van der Waals surface area (Å²) in [6.07, 6.45) is -4.72. The van der Waals surface area contributed by atoms with E-state index in [-0.39, 0.29) is 24.4 Å². The summed E-state index contributed by atoms with van der Waals surface area (Å²) in [5, 5.41) is 12.2. The van der Waals surface area contributed by atoms with Gasteiger partial charge in [0.05, 0.1) is 16.9 Å². The fourth-order valence-corrected chi connectivity index (χ4v) is 4.89. The van der Waals surface area contributed by atoms with E-state index >= 15 is 0 Å². The molecule has 0 amide bonds. The Labute approximate surface area is 172 Å². The smallest absolute Gasteiger partial charge is 0.416 e. The van der Waals surface area contributed by atoms with Gasteiger partial charge in [-0.25, -0.2) is 8.42 Å². The number of carboxylic acid groups (broad SMARTS) is 1. The van der Waals surface area contributed by atoms with Crippen molar-refractivity contribution in [1.82, 2.24) is 9.62 Å². The van der Waals surface area contributed by atoms with Crippen molar-refractivity contribution in [2.24, 2.45) is 0 Å². The van der Waals surface area contributed by atoms with Gasteiger partial charge in [-0.15, -0.1) is 0 Å². The number of rotatable bonds is 5. The molecule has 1 heterocycles. The zero-order chi connectivity index (χ0) is 22.1. The van der Waals surface area contributed by atoms with Crippen LogP contribution in [0.5, 0.6) is 0 Å². The minimum absolute atomic E-state index is 0.00239. The lowest BCUT2D eigenvalue weighted by molar-refractivity contribution is -0.138. The lowest BCUT2D eigenvalue weighted by Gasteiger charge is -2.33. The lowest BCUT2D eigenvalue weighted by Crippen LogP contribution is -2.48. The SMILES string of the molecule is Cc1ccc(S(=O)(=O)N2CCNC(c3ccc(C(F)(F)F)cc3)C2)cc1CC(=O)O. The number of nitrogens with one attached hydrogen (secondary N) is 1. The second-order valence-corrected chi connectivity index (χ2v) is 9.09. The molecule has 0 bridgehead atoms. The first kappa shape index (κ1) is 22.3. The summed E-state index contributed by atoms with van der Waals surface area (Å²) < 4.78 is 65.8. The Kier molecular flexibility index (Phi) is 6.21.